The van der Waals surface area contributed by atoms with Crippen molar-refractivity contribution in [2.24, 2.45) is 0 Å². The summed E-state index contributed by atoms with van der Waals surface area (Å²) in [7, 11) is -3.16. The largest absolute Gasteiger partial charge is 0.433 e. The molecule has 1 saturated carbocycles. The Morgan fingerprint density at radius 2 is 1.83 bits per heavy atom. The van der Waals surface area contributed by atoms with Crippen LogP contribution in [0.1, 0.15) is 31.4 Å². The fraction of sp³-hybridized carbons (Fsp3) is 0.643. The number of halogens is 3. The number of rotatable bonds is 4. The van der Waals surface area contributed by atoms with Gasteiger partial charge in [-0.05, 0) is 37.8 Å². The third-order valence-corrected chi connectivity index (χ3v) is 6.58. The quantitative estimate of drug-likeness (QED) is 0.907. The molecule has 0 atom stereocenters. The zero-order valence-corrected chi connectivity index (χ0v) is 13.2. The zero-order valence-electron chi connectivity index (χ0n) is 12.4. The van der Waals surface area contributed by atoms with Crippen LogP contribution < -0.4 is 5.32 Å². The van der Waals surface area contributed by atoms with Gasteiger partial charge in [0.2, 0.25) is 10.0 Å². The highest BCUT2D eigenvalue weighted by atomic mass is 32.2. The lowest BCUT2D eigenvalue weighted by Gasteiger charge is -2.32. The number of anilines is 1. The lowest BCUT2D eigenvalue weighted by molar-refractivity contribution is -0.141. The third kappa shape index (κ3) is 3.77. The standard InChI is InChI=1S/C14H18F3N3O2S/c15-14(16,17)13-9-11(3-6-18-13)19-10-4-7-20(8-5-10)23(21,22)12-1-2-12/h3,6,9-10,12H,1-2,4-5,7-8H2,(H,18,19). The smallest absolute Gasteiger partial charge is 0.382 e. The summed E-state index contributed by atoms with van der Waals surface area (Å²) in [6.07, 6.45) is -0.724. The SMILES string of the molecule is O=S(=O)(C1CC1)N1CCC(Nc2ccnc(C(F)(F)F)c2)CC1. The van der Waals surface area contributed by atoms with E-state index < -0.39 is 21.9 Å². The molecule has 5 nitrogen and oxygen atoms in total. The minimum atomic E-state index is -4.47. The minimum Gasteiger partial charge on any atom is -0.382 e. The summed E-state index contributed by atoms with van der Waals surface area (Å²) in [4.78, 5) is 3.32. The lowest BCUT2D eigenvalue weighted by Crippen LogP contribution is -2.43. The molecule has 2 fully saturated rings. The first-order chi connectivity index (χ1) is 10.8. The Morgan fingerprint density at radius 1 is 1.17 bits per heavy atom. The molecule has 2 aliphatic rings. The van der Waals surface area contributed by atoms with Crippen molar-refractivity contribution in [1.82, 2.24) is 9.29 Å². The first kappa shape index (κ1) is 16.5. The monoisotopic (exact) mass is 349 g/mol. The topological polar surface area (TPSA) is 62.3 Å². The second-order valence-electron chi connectivity index (χ2n) is 5.99. The van der Waals surface area contributed by atoms with Gasteiger partial charge in [0.05, 0.1) is 5.25 Å². The van der Waals surface area contributed by atoms with Crippen LogP contribution in [0, 0.1) is 0 Å². The number of pyridine rings is 1. The maximum atomic E-state index is 12.6. The molecular formula is C14H18F3N3O2S. The Labute approximate surface area is 132 Å². The molecule has 0 unspecified atom stereocenters. The second-order valence-corrected chi connectivity index (χ2v) is 8.20. The molecule has 1 aromatic heterocycles. The number of alkyl halides is 3. The molecule has 0 aromatic carbocycles. The number of piperidine rings is 1. The second kappa shape index (κ2) is 5.94. The van der Waals surface area contributed by atoms with E-state index in [1.54, 1.807) is 0 Å². The minimum absolute atomic E-state index is 0.0378. The van der Waals surface area contributed by atoms with Crippen LogP contribution in [0.3, 0.4) is 0 Å². The van der Waals surface area contributed by atoms with Gasteiger partial charge in [-0.3, -0.25) is 4.98 Å². The van der Waals surface area contributed by atoms with Gasteiger partial charge >= 0.3 is 6.18 Å². The van der Waals surface area contributed by atoms with E-state index in [9.17, 15) is 21.6 Å². The summed E-state index contributed by atoms with van der Waals surface area (Å²) in [6.45, 7) is 0.821. The summed E-state index contributed by atoms with van der Waals surface area (Å²) in [5, 5.41) is 2.83. The van der Waals surface area contributed by atoms with Gasteiger partial charge in [-0.2, -0.15) is 13.2 Å². The summed E-state index contributed by atoms with van der Waals surface area (Å²) in [5.74, 6) is 0. The van der Waals surface area contributed by atoms with Gasteiger partial charge in [0.25, 0.3) is 0 Å². The van der Waals surface area contributed by atoms with E-state index in [0.29, 0.717) is 31.6 Å². The van der Waals surface area contributed by atoms with Crippen molar-refractivity contribution in [3.05, 3.63) is 24.0 Å². The summed E-state index contributed by atoms with van der Waals surface area (Å²) < 4.78 is 63.7. The Bertz CT molecular complexity index is 666. The third-order valence-electron chi connectivity index (χ3n) is 4.18. The molecule has 2 heterocycles. The highest BCUT2D eigenvalue weighted by Gasteiger charge is 2.41. The first-order valence-corrected chi connectivity index (χ1v) is 9.06. The number of nitrogens with one attached hydrogen (secondary N) is 1. The Kier molecular flexibility index (Phi) is 4.26. The number of sulfonamides is 1. The molecule has 23 heavy (non-hydrogen) atoms. The Hall–Kier alpha value is -1.35. The van der Waals surface area contributed by atoms with Crippen molar-refractivity contribution in [3.8, 4) is 0 Å². The van der Waals surface area contributed by atoms with Crippen LogP contribution in [-0.2, 0) is 16.2 Å². The molecule has 3 rings (SSSR count). The molecule has 128 valence electrons. The molecule has 1 aliphatic heterocycles. The number of hydrogen-bond donors (Lipinski definition) is 1. The predicted octanol–water partition coefficient (Wildman–Crippen LogP) is 2.47. The van der Waals surface area contributed by atoms with Crippen molar-refractivity contribution in [2.75, 3.05) is 18.4 Å². The van der Waals surface area contributed by atoms with Gasteiger partial charge in [-0.25, -0.2) is 12.7 Å². The number of hydrogen-bond acceptors (Lipinski definition) is 4. The van der Waals surface area contributed by atoms with Crippen molar-refractivity contribution in [3.63, 3.8) is 0 Å². The van der Waals surface area contributed by atoms with Crippen LogP contribution in [0.5, 0.6) is 0 Å². The Morgan fingerprint density at radius 3 is 2.39 bits per heavy atom. The van der Waals surface area contributed by atoms with E-state index in [1.807, 2.05) is 0 Å². The average molecular weight is 349 g/mol. The van der Waals surface area contributed by atoms with Gasteiger partial charge in [-0.1, -0.05) is 0 Å². The van der Waals surface area contributed by atoms with Gasteiger partial charge < -0.3 is 5.32 Å². The fourth-order valence-electron chi connectivity index (χ4n) is 2.74. The Balaban J connectivity index is 1.59. The summed E-state index contributed by atoms with van der Waals surface area (Å²) in [6, 6.07) is 2.43. The maximum Gasteiger partial charge on any atom is 0.433 e. The molecule has 1 aliphatic carbocycles. The molecule has 1 aromatic rings. The van der Waals surface area contributed by atoms with Crippen LogP contribution in [-0.4, -0.2) is 42.1 Å². The van der Waals surface area contributed by atoms with Crippen molar-refractivity contribution in [2.45, 2.75) is 43.2 Å². The van der Waals surface area contributed by atoms with Crippen molar-refractivity contribution >= 4 is 15.7 Å². The molecule has 1 saturated heterocycles. The van der Waals surface area contributed by atoms with E-state index in [4.69, 9.17) is 0 Å². The summed E-state index contributed by atoms with van der Waals surface area (Å²) >= 11 is 0. The number of aromatic nitrogens is 1. The normalized spacial score (nSPS) is 21.3. The van der Waals surface area contributed by atoms with E-state index in [0.717, 1.165) is 25.1 Å². The average Bonchev–Trinajstić information content (AvgIpc) is 3.32. The molecule has 9 heteroatoms. The number of nitrogens with zero attached hydrogens (tertiary/aromatic N) is 2. The van der Waals surface area contributed by atoms with Crippen molar-refractivity contribution < 1.29 is 21.6 Å². The molecule has 0 bridgehead atoms. The van der Waals surface area contributed by atoms with Crippen LogP contribution in [0.4, 0.5) is 18.9 Å². The highest BCUT2D eigenvalue weighted by Crippen LogP contribution is 2.33. The fourth-order valence-corrected chi connectivity index (χ4v) is 4.62. The van der Waals surface area contributed by atoms with E-state index >= 15 is 0 Å². The lowest BCUT2D eigenvalue weighted by atomic mass is 10.1. The molecule has 0 amide bonds. The van der Waals surface area contributed by atoms with Gasteiger partial charge in [0, 0.05) is 31.0 Å². The van der Waals surface area contributed by atoms with Gasteiger partial charge in [0.15, 0.2) is 0 Å². The first-order valence-electron chi connectivity index (χ1n) is 7.55. The molecule has 0 spiro atoms. The van der Waals surface area contributed by atoms with Crippen molar-refractivity contribution in [1.29, 1.82) is 0 Å². The van der Waals surface area contributed by atoms with E-state index in [1.165, 1.54) is 10.4 Å². The molecule has 1 N–H and O–H groups in total. The zero-order chi connectivity index (χ0) is 16.7. The van der Waals surface area contributed by atoms with Gasteiger partial charge in [0.1, 0.15) is 5.69 Å². The van der Waals surface area contributed by atoms with E-state index in [2.05, 4.69) is 10.3 Å². The molecule has 0 radical (unpaired) electrons. The summed E-state index contributed by atoms with van der Waals surface area (Å²) in [5.41, 5.74) is -0.577. The van der Waals surface area contributed by atoms with Crippen LogP contribution in [0.25, 0.3) is 0 Å². The van der Waals surface area contributed by atoms with Gasteiger partial charge in [-0.15, -0.1) is 0 Å². The highest BCUT2D eigenvalue weighted by molar-refractivity contribution is 7.90. The maximum absolute atomic E-state index is 12.6. The van der Waals surface area contributed by atoms with E-state index in [-0.39, 0.29) is 11.3 Å². The van der Waals surface area contributed by atoms with Crippen LogP contribution >= 0.6 is 0 Å². The van der Waals surface area contributed by atoms with Crippen LogP contribution in [0.2, 0.25) is 0 Å². The van der Waals surface area contributed by atoms with Crippen LogP contribution in [0.15, 0.2) is 18.3 Å². The predicted molar refractivity (Wildman–Crippen MR) is 79.4 cm³/mol. The molecular weight excluding hydrogens is 331 g/mol.